The molecule has 2 fully saturated rings. The third kappa shape index (κ3) is 2.96. The Labute approximate surface area is 119 Å². The second kappa shape index (κ2) is 6.10. The summed E-state index contributed by atoms with van der Waals surface area (Å²) in [6.07, 6.45) is 0.783. The van der Waals surface area contributed by atoms with Crippen molar-refractivity contribution >= 4 is 11.9 Å². The van der Waals surface area contributed by atoms with Gasteiger partial charge in [-0.05, 0) is 12.3 Å². The number of nitrogens with zero attached hydrogens (tertiary/aromatic N) is 1. The Balaban J connectivity index is 1.94. The number of likely N-dealkylation sites (tertiary alicyclic amines) is 1. The van der Waals surface area contributed by atoms with Crippen molar-refractivity contribution in [1.82, 2.24) is 10.2 Å². The number of carbonyl (C=O) groups excluding carboxylic acids is 1. The molecule has 0 saturated carbocycles. The summed E-state index contributed by atoms with van der Waals surface area (Å²) in [7, 11) is 0. The Morgan fingerprint density at radius 3 is 2.75 bits per heavy atom. The van der Waals surface area contributed by atoms with E-state index in [-0.39, 0.29) is 17.9 Å². The summed E-state index contributed by atoms with van der Waals surface area (Å²) in [5.41, 5.74) is -0.790. The second-order valence-corrected chi connectivity index (χ2v) is 6.08. The maximum Gasteiger partial charge on any atom is 0.311 e. The normalized spacial score (nSPS) is 30.8. The molecule has 0 aromatic heterocycles. The van der Waals surface area contributed by atoms with Gasteiger partial charge in [0.1, 0.15) is 0 Å². The molecule has 114 valence electrons. The van der Waals surface area contributed by atoms with Crippen LogP contribution in [0.4, 0.5) is 0 Å². The zero-order valence-electron chi connectivity index (χ0n) is 12.2. The lowest BCUT2D eigenvalue weighted by Crippen LogP contribution is -2.44. The molecule has 6 heteroatoms. The maximum atomic E-state index is 12.3. The van der Waals surface area contributed by atoms with Crippen molar-refractivity contribution in [3.63, 3.8) is 0 Å². The molecule has 0 aliphatic carbocycles. The standard InChI is InChI=1S/C14H24N2O4/c1-10(2)14(13(18)19)3-5-16(9-14)12(17)7-11-8-15-4-6-20-11/h10-11,15H,3-9H2,1-2H3,(H,18,19). The van der Waals surface area contributed by atoms with Gasteiger partial charge >= 0.3 is 5.97 Å². The lowest BCUT2D eigenvalue weighted by molar-refractivity contribution is -0.151. The van der Waals surface area contributed by atoms with Gasteiger partial charge in [-0.2, -0.15) is 0 Å². The molecule has 1 amide bonds. The van der Waals surface area contributed by atoms with Gasteiger partial charge in [0.15, 0.2) is 0 Å². The van der Waals surface area contributed by atoms with Crippen LogP contribution in [-0.4, -0.2) is 60.8 Å². The van der Waals surface area contributed by atoms with Crippen molar-refractivity contribution in [3.8, 4) is 0 Å². The fourth-order valence-electron chi connectivity index (χ4n) is 3.01. The highest BCUT2D eigenvalue weighted by atomic mass is 16.5. The molecule has 0 aromatic rings. The summed E-state index contributed by atoms with van der Waals surface area (Å²) < 4.78 is 5.53. The first-order valence-corrected chi connectivity index (χ1v) is 7.29. The van der Waals surface area contributed by atoms with Gasteiger partial charge in [-0.1, -0.05) is 13.8 Å². The molecular formula is C14H24N2O4. The predicted molar refractivity (Wildman–Crippen MR) is 73.3 cm³/mol. The summed E-state index contributed by atoms with van der Waals surface area (Å²) in [5, 5.41) is 12.7. The molecule has 2 rings (SSSR count). The van der Waals surface area contributed by atoms with Crippen molar-refractivity contribution in [3.05, 3.63) is 0 Å². The fraction of sp³-hybridized carbons (Fsp3) is 0.857. The number of amides is 1. The van der Waals surface area contributed by atoms with Crippen LogP contribution in [0.2, 0.25) is 0 Å². The summed E-state index contributed by atoms with van der Waals surface area (Å²) in [6.45, 7) is 6.82. The predicted octanol–water partition coefficient (Wildman–Crippen LogP) is 0.324. The minimum atomic E-state index is -0.793. The van der Waals surface area contributed by atoms with Crippen LogP contribution < -0.4 is 5.32 Å². The Bertz CT molecular complexity index is 379. The van der Waals surface area contributed by atoms with Crippen LogP contribution in [-0.2, 0) is 14.3 Å². The largest absolute Gasteiger partial charge is 0.481 e. The average molecular weight is 284 g/mol. The van der Waals surface area contributed by atoms with Gasteiger partial charge < -0.3 is 20.1 Å². The van der Waals surface area contributed by atoms with Gasteiger partial charge in [0, 0.05) is 26.2 Å². The van der Waals surface area contributed by atoms with Gasteiger partial charge in [0.25, 0.3) is 0 Å². The third-order valence-electron chi connectivity index (χ3n) is 4.59. The average Bonchev–Trinajstić information content (AvgIpc) is 2.86. The Morgan fingerprint density at radius 1 is 1.50 bits per heavy atom. The minimum Gasteiger partial charge on any atom is -0.481 e. The molecule has 2 unspecified atom stereocenters. The van der Waals surface area contributed by atoms with Crippen molar-refractivity contribution < 1.29 is 19.4 Å². The molecule has 2 aliphatic heterocycles. The fourth-order valence-corrected chi connectivity index (χ4v) is 3.01. The van der Waals surface area contributed by atoms with Crippen LogP contribution in [0.25, 0.3) is 0 Å². The van der Waals surface area contributed by atoms with E-state index in [2.05, 4.69) is 5.32 Å². The third-order valence-corrected chi connectivity index (χ3v) is 4.59. The molecule has 0 radical (unpaired) electrons. The van der Waals surface area contributed by atoms with Gasteiger partial charge in [-0.3, -0.25) is 9.59 Å². The molecular weight excluding hydrogens is 260 g/mol. The smallest absolute Gasteiger partial charge is 0.311 e. The zero-order valence-corrected chi connectivity index (χ0v) is 12.2. The van der Waals surface area contributed by atoms with Crippen LogP contribution in [0.3, 0.4) is 0 Å². The number of morpholine rings is 1. The van der Waals surface area contributed by atoms with E-state index >= 15 is 0 Å². The molecule has 2 aliphatic rings. The summed E-state index contributed by atoms with van der Waals surface area (Å²) in [4.78, 5) is 25.5. The van der Waals surface area contributed by atoms with Crippen LogP contribution in [0.5, 0.6) is 0 Å². The second-order valence-electron chi connectivity index (χ2n) is 6.08. The van der Waals surface area contributed by atoms with Crippen LogP contribution in [0.15, 0.2) is 0 Å². The summed E-state index contributed by atoms with van der Waals surface area (Å²) in [5.74, 6) is -0.772. The SMILES string of the molecule is CC(C)C1(C(=O)O)CCN(C(=O)CC2CNCCO2)C1. The highest BCUT2D eigenvalue weighted by molar-refractivity contribution is 5.81. The Morgan fingerprint density at radius 2 is 2.25 bits per heavy atom. The molecule has 2 heterocycles. The number of aliphatic carboxylic acids is 1. The number of carboxylic acids is 1. The molecule has 0 aromatic carbocycles. The highest BCUT2D eigenvalue weighted by Gasteiger charge is 2.48. The van der Waals surface area contributed by atoms with E-state index in [0.717, 1.165) is 6.54 Å². The number of rotatable bonds is 4. The first kappa shape index (κ1) is 15.3. The van der Waals surface area contributed by atoms with E-state index in [9.17, 15) is 14.7 Å². The minimum absolute atomic E-state index is 0.00229. The Hall–Kier alpha value is -1.14. The molecule has 0 bridgehead atoms. The Kier molecular flexibility index (Phi) is 4.65. The van der Waals surface area contributed by atoms with Gasteiger partial charge in [0.2, 0.25) is 5.91 Å². The first-order chi connectivity index (χ1) is 9.45. The van der Waals surface area contributed by atoms with E-state index in [4.69, 9.17) is 4.74 Å². The topological polar surface area (TPSA) is 78.9 Å². The van der Waals surface area contributed by atoms with E-state index in [1.807, 2.05) is 13.8 Å². The van der Waals surface area contributed by atoms with Crippen LogP contribution in [0.1, 0.15) is 26.7 Å². The number of carbonyl (C=O) groups is 2. The zero-order chi connectivity index (χ0) is 14.8. The summed E-state index contributed by atoms with van der Waals surface area (Å²) in [6, 6.07) is 0. The molecule has 2 atom stereocenters. The van der Waals surface area contributed by atoms with Gasteiger partial charge in [0.05, 0.1) is 24.5 Å². The molecule has 2 saturated heterocycles. The van der Waals surface area contributed by atoms with Crippen LogP contribution >= 0.6 is 0 Å². The van der Waals surface area contributed by atoms with Crippen molar-refractivity contribution in [1.29, 1.82) is 0 Å². The lowest BCUT2D eigenvalue weighted by Gasteiger charge is -2.29. The number of ether oxygens (including phenoxy) is 1. The van der Waals surface area contributed by atoms with E-state index in [0.29, 0.717) is 39.1 Å². The molecule has 0 spiro atoms. The highest BCUT2D eigenvalue weighted by Crippen LogP contribution is 2.38. The van der Waals surface area contributed by atoms with Gasteiger partial charge in [-0.15, -0.1) is 0 Å². The molecule has 2 N–H and O–H groups in total. The van der Waals surface area contributed by atoms with Crippen molar-refractivity contribution in [2.45, 2.75) is 32.8 Å². The van der Waals surface area contributed by atoms with E-state index in [1.54, 1.807) is 4.90 Å². The van der Waals surface area contributed by atoms with Crippen LogP contribution in [0, 0.1) is 11.3 Å². The monoisotopic (exact) mass is 284 g/mol. The number of hydrogen-bond acceptors (Lipinski definition) is 4. The number of nitrogens with one attached hydrogen (secondary N) is 1. The van der Waals surface area contributed by atoms with Crippen molar-refractivity contribution in [2.24, 2.45) is 11.3 Å². The molecule has 6 nitrogen and oxygen atoms in total. The van der Waals surface area contributed by atoms with Crippen molar-refractivity contribution in [2.75, 3.05) is 32.8 Å². The quantitative estimate of drug-likeness (QED) is 0.777. The first-order valence-electron chi connectivity index (χ1n) is 7.29. The van der Waals surface area contributed by atoms with E-state index in [1.165, 1.54) is 0 Å². The van der Waals surface area contributed by atoms with E-state index < -0.39 is 11.4 Å². The number of hydrogen-bond donors (Lipinski definition) is 2. The van der Waals surface area contributed by atoms with Gasteiger partial charge in [-0.25, -0.2) is 0 Å². The summed E-state index contributed by atoms with van der Waals surface area (Å²) >= 11 is 0. The molecule has 20 heavy (non-hydrogen) atoms. The maximum absolute atomic E-state index is 12.3. The lowest BCUT2D eigenvalue weighted by atomic mass is 9.76. The number of carboxylic acid groups (broad SMARTS) is 1.